The summed E-state index contributed by atoms with van der Waals surface area (Å²) < 4.78 is 23.3. The van der Waals surface area contributed by atoms with Crippen molar-refractivity contribution in [2.75, 3.05) is 16.8 Å². The van der Waals surface area contributed by atoms with E-state index in [2.05, 4.69) is 15.6 Å². The van der Waals surface area contributed by atoms with Crippen LogP contribution in [0.3, 0.4) is 0 Å². The van der Waals surface area contributed by atoms with Crippen molar-refractivity contribution >= 4 is 38.4 Å². The van der Waals surface area contributed by atoms with Gasteiger partial charge in [0, 0.05) is 10.9 Å². The van der Waals surface area contributed by atoms with Crippen molar-refractivity contribution in [2.45, 2.75) is 30.7 Å². The maximum atomic E-state index is 12.3. The second-order valence-corrected chi connectivity index (χ2v) is 10.8. The van der Waals surface area contributed by atoms with Gasteiger partial charge in [-0.05, 0) is 30.2 Å². The molecule has 0 radical (unpaired) electrons. The van der Waals surface area contributed by atoms with E-state index in [0.717, 1.165) is 22.0 Å². The van der Waals surface area contributed by atoms with Gasteiger partial charge in [0.25, 0.3) is 0 Å². The maximum absolute atomic E-state index is 12.3. The fourth-order valence-corrected chi connectivity index (χ4v) is 7.22. The van der Waals surface area contributed by atoms with E-state index < -0.39 is 9.84 Å². The van der Waals surface area contributed by atoms with Gasteiger partial charge < -0.3 is 10.6 Å². The van der Waals surface area contributed by atoms with Crippen LogP contribution in [0.2, 0.25) is 0 Å². The normalized spacial score (nSPS) is 23.1. The van der Waals surface area contributed by atoms with Crippen LogP contribution in [0.5, 0.6) is 0 Å². The highest BCUT2D eigenvalue weighted by Crippen LogP contribution is 2.34. The van der Waals surface area contributed by atoms with Gasteiger partial charge in [0.1, 0.15) is 0 Å². The maximum Gasteiger partial charge on any atom is 0.224 e. The van der Waals surface area contributed by atoms with Gasteiger partial charge in [-0.15, -0.1) is 0 Å². The molecule has 6 nitrogen and oxygen atoms in total. The number of hydrogen-bond acceptors (Lipinski definition) is 6. The first-order chi connectivity index (χ1) is 13.9. The van der Waals surface area contributed by atoms with Crippen molar-refractivity contribution in [1.29, 1.82) is 0 Å². The summed E-state index contributed by atoms with van der Waals surface area (Å²) in [5, 5.41) is 7.06. The van der Waals surface area contributed by atoms with Gasteiger partial charge in [-0.25, -0.2) is 8.42 Å². The number of amidine groups is 1. The van der Waals surface area contributed by atoms with E-state index in [4.69, 9.17) is 0 Å². The lowest BCUT2D eigenvalue weighted by molar-refractivity contribution is -0.121. The number of anilines is 1. The third kappa shape index (κ3) is 5.00. The van der Waals surface area contributed by atoms with Crippen molar-refractivity contribution in [3.63, 3.8) is 0 Å². The number of aliphatic imine (C=N–C) groups is 1. The molecule has 152 valence electrons. The van der Waals surface area contributed by atoms with Crippen LogP contribution in [0.1, 0.15) is 24.1 Å². The van der Waals surface area contributed by atoms with Crippen LogP contribution in [-0.4, -0.2) is 42.3 Å². The summed E-state index contributed by atoms with van der Waals surface area (Å²) in [6, 6.07) is 17.4. The van der Waals surface area contributed by atoms with Gasteiger partial charge in [-0.3, -0.25) is 9.79 Å². The van der Waals surface area contributed by atoms with Crippen LogP contribution < -0.4 is 10.6 Å². The highest BCUT2D eigenvalue weighted by atomic mass is 32.2. The third-order valence-electron chi connectivity index (χ3n) is 5.07. The van der Waals surface area contributed by atoms with Gasteiger partial charge in [0.05, 0.1) is 30.0 Å². The molecule has 0 aliphatic carbocycles. The van der Waals surface area contributed by atoms with E-state index in [1.807, 2.05) is 61.5 Å². The van der Waals surface area contributed by atoms with Crippen molar-refractivity contribution in [3.8, 4) is 0 Å². The first-order valence-electron chi connectivity index (χ1n) is 9.53. The Labute approximate surface area is 175 Å². The topological polar surface area (TPSA) is 87.6 Å². The predicted molar refractivity (Wildman–Crippen MR) is 118 cm³/mol. The van der Waals surface area contributed by atoms with E-state index in [9.17, 15) is 13.2 Å². The van der Waals surface area contributed by atoms with Crippen LogP contribution in [0.25, 0.3) is 0 Å². The second kappa shape index (κ2) is 8.20. The number of sulfone groups is 1. The van der Waals surface area contributed by atoms with Crippen molar-refractivity contribution in [2.24, 2.45) is 4.99 Å². The monoisotopic (exact) mass is 429 g/mol. The number of hydrogen-bond donors (Lipinski definition) is 2. The highest BCUT2D eigenvalue weighted by molar-refractivity contribution is 8.15. The zero-order valence-electron chi connectivity index (χ0n) is 16.0. The van der Waals surface area contributed by atoms with Crippen LogP contribution >= 0.6 is 11.8 Å². The molecule has 0 aromatic heterocycles. The summed E-state index contributed by atoms with van der Waals surface area (Å²) in [6.07, 6.45) is 0.315. The summed E-state index contributed by atoms with van der Waals surface area (Å²) in [5.74, 6) is 0.324. The first-order valence-corrected chi connectivity index (χ1v) is 12.2. The number of nitrogens with one attached hydrogen (secondary N) is 2. The number of fused-ring (bicyclic) bond motifs is 1. The summed E-state index contributed by atoms with van der Waals surface area (Å²) in [7, 11) is -2.94. The smallest absolute Gasteiger partial charge is 0.224 e. The highest BCUT2D eigenvalue weighted by Gasteiger charge is 2.42. The number of amides is 1. The van der Waals surface area contributed by atoms with E-state index in [1.165, 1.54) is 11.8 Å². The van der Waals surface area contributed by atoms with Crippen LogP contribution in [0.4, 0.5) is 5.69 Å². The number of carbonyl (C=O) groups is 1. The van der Waals surface area contributed by atoms with Gasteiger partial charge in [-0.2, -0.15) is 0 Å². The van der Waals surface area contributed by atoms with Gasteiger partial charge >= 0.3 is 0 Å². The minimum absolute atomic E-state index is 0.0215. The number of rotatable bonds is 5. The molecule has 0 bridgehead atoms. The fraction of sp³-hybridized carbons (Fsp3) is 0.333. The van der Waals surface area contributed by atoms with Gasteiger partial charge in [0.15, 0.2) is 15.0 Å². The Morgan fingerprint density at radius 3 is 2.55 bits per heavy atom. The van der Waals surface area contributed by atoms with E-state index in [1.54, 1.807) is 0 Å². The molecule has 1 saturated heterocycles. The Bertz CT molecular complexity index is 1020. The average molecular weight is 430 g/mol. The Kier molecular flexibility index (Phi) is 5.65. The SMILES string of the molecule is C[C@H](NC(=O)Cc1ccc(NC2=N[C@@H]3CS(=O)(=O)C[C@H]3S2)cc1)c1ccccc1. The largest absolute Gasteiger partial charge is 0.349 e. The van der Waals surface area contributed by atoms with Gasteiger partial charge in [-0.1, -0.05) is 54.2 Å². The van der Waals surface area contributed by atoms with E-state index in [0.29, 0.717) is 6.42 Å². The second-order valence-electron chi connectivity index (χ2n) is 7.43. The number of nitrogens with zero attached hydrogens (tertiary/aromatic N) is 1. The molecule has 2 aromatic rings. The molecule has 3 atom stereocenters. The van der Waals surface area contributed by atoms with Crippen LogP contribution in [-0.2, 0) is 21.1 Å². The molecule has 2 heterocycles. The van der Waals surface area contributed by atoms with Crippen molar-refractivity contribution in [3.05, 3.63) is 65.7 Å². The third-order valence-corrected chi connectivity index (χ3v) is 8.21. The Morgan fingerprint density at radius 1 is 1.14 bits per heavy atom. The number of thioether (sulfide) groups is 1. The van der Waals surface area contributed by atoms with Crippen LogP contribution in [0.15, 0.2) is 59.6 Å². The molecule has 2 aromatic carbocycles. The van der Waals surface area contributed by atoms with E-state index in [-0.39, 0.29) is 34.7 Å². The minimum Gasteiger partial charge on any atom is -0.349 e. The number of benzene rings is 2. The first kappa shape index (κ1) is 20.0. The molecule has 2 aliphatic rings. The summed E-state index contributed by atoms with van der Waals surface area (Å²) in [6.45, 7) is 1.97. The molecule has 0 spiro atoms. The Hall–Kier alpha value is -2.32. The lowest BCUT2D eigenvalue weighted by Gasteiger charge is -2.14. The molecule has 1 amide bonds. The molecule has 8 heteroatoms. The summed E-state index contributed by atoms with van der Waals surface area (Å²) in [5.41, 5.74) is 2.88. The minimum atomic E-state index is -2.94. The lowest BCUT2D eigenvalue weighted by Crippen LogP contribution is -2.28. The molecular formula is C21H23N3O3S2. The predicted octanol–water partition coefficient (Wildman–Crippen LogP) is 2.79. The molecule has 2 aliphatic heterocycles. The Morgan fingerprint density at radius 2 is 1.86 bits per heavy atom. The molecule has 2 N–H and O–H groups in total. The standard InChI is InChI=1S/C21H23N3O3S2/c1-14(16-5-3-2-4-6-16)22-20(25)11-15-7-9-17(10-8-15)23-21-24-18-12-29(26,27)13-19(18)28-21/h2-10,14,18-19H,11-13H2,1H3,(H,22,25)(H,23,24)/t14-,18+,19+/m0/s1. The van der Waals surface area contributed by atoms with E-state index >= 15 is 0 Å². The summed E-state index contributed by atoms with van der Waals surface area (Å²) in [4.78, 5) is 16.8. The molecule has 0 saturated carbocycles. The van der Waals surface area contributed by atoms with Crippen molar-refractivity contribution in [1.82, 2.24) is 5.32 Å². The summed E-state index contributed by atoms with van der Waals surface area (Å²) >= 11 is 1.49. The van der Waals surface area contributed by atoms with Crippen molar-refractivity contribution < 1.29 is 13.2 Å². The lowest BCUT2D eigenvalue weighted by atomic mass is 10.1. The zero-order chi connectivity index (χ0) is 20.4. The van der Waals surface area contributed by atoms with Crippen LogP contribution in [0, 0.1) is 0 Å². The quantitative estimate of drug-likeness (QED) is 0.763. The molecule has 4 rings (SSSR count). The molecule has 1 fully saturated rings. The Balaban J connectivity index is 1.30. The molecule has 29 heavy (non-hydrogen) atoms. The fourth-order valence-electron chi connectivity index (χ4n) is 3.55. The molecule has 0 unspecified atom stereocenters. The average Bonchev–Trinajstić information content (AvgIpc) is 3.16. The number of carbonyl (C=O) groups excluding carboxylic acids is 1. The van der Waals surface area contributed by atoms with Gasteiger partial charge in [0.2, 0.25) is 5.91 Å². The molecular weight excluding hydrogens is 406 g/mol. The zero-order valence-corrected chi connectivity index (χ0v) is 17.7.